The van der Waals surface area contributed by atoms with Crippen molar-refractivity contribution in [3.05, 3.63) is 0 Å². The largest absolute Gasteiger partial charge is 0.394 e. The van der Waals surface area contributed by atoms with Gasteiger partial charge in [0.2, 0.25) is 5.91 Å². The summed E-state index contributed by atoms with van der Waals surface area (Å²) in [5.74, 6) is 0.573. The highest BCUT2D eigenvalue weighted by Gasteiger charge is 2.33. The van der Waals surface area contributed by atoms with Gasteiger partial charge in [-0.25, -0.2) is 0 Å². The lowest BCUT2D eigenvalue weighted by Gasteiger charge is -2.25. The molecule has 1 N–H and O–H groups in total. The highest BCUT2D eigenvalue weighted by atomic mass is 16.5. The number of aliphatic hydroxyl groups is 1. The van der Waals surface area contributed by atoms with Gasteiger partial charge in [-0.15, -0.1) is 0 Å². The molecule has 16 heavy (non-hydrogen) atoms. The number of carbonyl (C=O) groups excluding carboxylic acids is 1. The summed E-state index contributed by atoms with van der Waals surface area (Å²) < 4.78 is 5.20. The molecule has 0 aromatic rings. The maximum atomic E-state index is 11.9. The molecule has 2 atom stereocenters. The van der Waals surface area contributed by atoms with E-state index in [0.717, 1.165) is 19.4 Å². The summed E-state index contributed by atoms with van der Waals surface area (Å²) in [5.41, 5.74) is 0. The Kier molecular flexibility index (Phi) is 5.77. The average molecular weight is 229 g/mol. The van der Waals surface area contributed by atoms with E-state index < -0.39 is 0 Å². The van der Waals surface area contributed by atoms with E-state index in [-0.39, 0.29) is 18.6 Å². The van der Waals surface area contributed by atoms with Crippen LogP contribution in [0.2, 0.25) is 0 Å². The van der Waals surface area contributed by atoms with E-state index in [1.165, 1.54) is 0 Å². The van der Waals surface area contributed by atoms with E-state index in [9.17, 15) is 9.90 Å². The molecule has 4 heteroatoms. The van der Waals surface area contributed by atoms with Crippen molar-refractivity contribution in [1.82, 2.24) is 4.90 Å². The van der Waals surface area contributed by atoms with Crippen LogP contribution in [-0.4, -0.2) is 48.3 Å². The highest BCUT2D eigenvalue weighted by Crippen LogP contribution is 2.24. The van der Waals surface area contributed by atoms with Gasteiger partial charge in [-0.3, -0.25) is 4.79 Å². The molecule has 0 aromatic carbocycles. The predicted molar refractivity (Wildman–Crippen MR) is 62.1 cm³/mol. The molecular formula is C12H23NO3. The Morgan fingerprint density at radius 1 is 1.56 bits per heavy atom. The normalized spacial score (nSPS) is 25.1. The van der Waals surface area contributed by atoms with Crippen LogP contribution in [0.25, 0.3) is 0 Å². The van der Waals surface area contributed by atoms with Crippen LogP contribution in [0.5, 0.6) is 0 Å². The van der Waals surface area contributed by atoms with Crippen molar-refractivity contribution >= 4 is 5.91 Å². The number of aliphatic hydroxyl groups excluding tert-OH is 1. The minimum Gasteiger partial charge on any atom is -0.394 e. The molecule has 1 aliphatic heterocycles. The Balaban J connectivity index is 2.30. The highest BCUT2D eigenvalue weighted by molar-refractivity contribution is 5.76. The maximum Gasteiger partial charge on any atom is 0.222 e. The van der Waals surface area contributed by atoms with Crippen molar-refractivity contribution in [2.45, 2.75) is 39.2 Å². The molecule has 4 nitrogen and oxygen atoms in total. The quantitative estimate of drug-likeness (QED) is 0.692. The molecule has 0 saturated carbocycles. The first-order valence-electron chi connectivity index (χ1n) is 6.18. The fourth-order valence-corrected chi connectivity index (χ4v) is 2.21. The third kappa shape index (κ3) is 3.46. The molecule has 0 aliphatic carbocycles. The number of likely N-dealkylation sites (tertiary alicyclic amines) is 1. The Labute approximate surface area is 97.6 Å². The summed E-state index contributed by atoms with van der Waals surface area (Å²) in [7, 11) is 0. The molecule has 1 fully saturated rings. The first kappa shape index (κ1) is 13.5. The fraction of sp³-hybridized carbons (Fsp3) is 0.917. The molecule has 1 amide bonds. The summed E-state index contributed by atoms with van der Waals surface area (Å²) in [5, 5.41) is 9.25. The van der Waals surface area contributed by atoms with Crippen molar-refractivity contribution < 1.29 is 14.6 Å². The standard InChI is InChI=1S/C12H23NO3/c1-3-16-8-4-5-12(15)13-7-6-10(2)11(13)9-14/h10-11,14H,3-9H2,1-2H3. The zero-order chi connectivity index (χ0) is 12.0. The number of amides is 1. The zero-order valence-corrected chi connectivity index (χ0v) is 10.3. The maximum absolute atomic E-state index is 11.9. The first-order valence-corrected chi connectivity index (χ1v) is 6.18. The monoisotopic (exact) mass is 229 g/mol. The number of carbonyl (C=O) groups is 1. The molecule has 0 aromatic heterocycles. The summed E-state index contributed by atoms with van der Waals surface area (Å²) in [4.78, 5) is 13.7. The van der Waals surface area contributed by atoms with Crippen molar-refractivity contribution in [3.63, 3.8) is 0 Å². The van der Waals surface area contributed by atoms with E-state index in [1.54, 1.807) is 0 Å². The molecule has 94 valence electrons. The molecular weight excluding hydrogens is 206 g/mol. The summed E-state index contributed by atoms with van der Waals surface area (Å²) in [6.45, 7) is 6.27. The van der Waals surface area contributed by atoms with E-state index in [2.05, 4.69) is 6.92 Å². The molecule has 0 bridgehead atoms. The van der Waals surface area contributed by atoms with Gasteiger partial charge >= 0.3 is 0 Å². The second kappa shape index (κ2) is 6.86. The minimum absolute atomic E-state index is 0.0274. The Morgan fingerprint density at radius 3 is 2.94 bits per heavy atom. The molecule has 2 unspecified atom stereocenters. The van der Waals surface area contributed by atoms with E-state index in [0.29, 0.717) is 25.6 Å². The molecule has 1 saturated heterocycles. The van der Waals surface area contributed by atoms with Gasteiger partial charge in [-0.2, -0.15) is 0 Å². The van der Waals surface area contributed by atoms with Crippen LogP contribution in [0.4, 0.5) is 0 Å². The van der Waals surface area contributed by atoms with Crippen molar-refractivity contribution in [3.8, 4) is 0 Å². The number of rotatable bonds is 6. The van der Waals surface area contributed by atoms with Gasteiger partial charge in [-0.1, -0.05) is 6.92 Å². The second-order valence-electron chi connectivity index (χ2n) is 4.40. The number of hydrogen-bond acceptors (Lipinski definition) is 3. The summed E-state index contributed by atoms with van der Waals surface area (Å²) >= 11 is 0. The fourth-order valence-electron chi connectivity index (χ4n) is 2.21. The topological polar surface area (TPSA) is 49.8 Å². The molecule has 1 rings (SSSR count). The second-order valence-corrected chi connectivity index (χ2v) is 4.40. The Hall–Kier alpha value is -0.610. The lowest BCUT2D eigenvalue weighted by molar-refractivity contribution is -0.133. The van der Waals surface area contributed by atoms with Gasteiger partial charge in [-0.05, 0) is 25.7 Å². The number of nitrogens with zero attached hydrogens (tertiary/aromatic N) is 1. The van der Waals surface area contributed by atoms with Gasteiger partial charge in [0, 0.05) is 26.2 Å². The smallest absolute Gasteiger partial charge is 0.222 e. The Bertz CT molecular complexity index is 220. The van der Waals surface area contributed by atoms with Crippen molar-refractivity contribution in [1.29, 1.82) is 0 Å². The molecule has 0 spiro atoms. The van der Waals surface area contributed by atoms with Crippen molar-refractivity contribution in [2.75, 3.05) is 26.4 Å². The first-order chi connectivity index (χ1) is 7.70. The Morgan fingerprint density at radius 2 is 2.31 bits per heavy atom. The van der Waals surface area contributed by atoms with Gasteiger partial charge in [0.15, 0.2) is 0 Å². The number of hydrogen-bond donors (Lipinski definition) is 1. The number of ether oxygens (including phenoxy) is 1. The van der Waals surface area contributed by atoms with Crippen LogP contribution in [0.3, 0.4) is 0 Å². The lowest BCUT2D eigenvalue weighted by Crippen LogP contribution is -2.39. The van der Waals surface area contributed by atoms with Gasteiger partial charge in [0.05, 0.1) is 12.6 Å². The van der Waals surface area contributed by atoms with Crippen LogP contribution < -0.4 is 0 Å². The van der Waals surface area contributed by atoms with Crippen LogP contribution >= 0.6 is 0 Å². The molecule has 0 radical (unpaired) electrons. The zero-order valence-electron chi connectivity index (χ0n) is 10.3. The van der Waals surface area contributed by atoms with E-state index in [4.69, 9.17) is 4.74 Å². The van der Waals surface area contributed by atoms with Gasteiger partial charge in [0.25, 0.3) is 0 Å². The lowest BCUT2D eigenvalue weighted by atomic mass is 10.0. The van der Waals surface area contributed by atoms with E-state index >= 15 is 0 Å². The minimum atomic E-state index is 0.0274. The predicted octanol–water partition coefficient (Wildman–Crippen LogP) is 1.03. The molecule has 1 aliphatic rings. The molecule has 1 heterocycles. The SMILES string of the molecule is CCOCCCC(=O)N1CCC(C)C1CO. The van der Waals surface area contributed by atoms with Crippen molar-refractivity contribution in [2.24, 2.45) is 5.92 Å². The van der Waals surface area contributed by atoms with Crippen LogP contribution in [0.15, 0.2) is 0 Å². The van der Waals surface area contributed by atoms with Crippen LogP contribution in [0.1, 0.15) is 33.1 Å². The van der Waals surface area contributed by atoms with Gasteiger partial charge < -0.3 is 14.7 Å². The third-order valence-electron chi connectivity index (χ3n) is 3.27. The van der Waals surface area contributed by atoms with E-state index in [1.807, 2.05) is 11.8 Å². The van der Waals surface area contributed by atoms with Gasteiger partial charge in [0.1, 0.15) is 0 Å². The third-order valence-corrected chi connectivity index (χ3v) is 3.27. The van der Waals surface area contributed by atoms with Crippen LogP contribution in [-0.2, 0) is 9.53 Å². The average Bonchev–Trinajstić information content (AvgIpc) is 2.65. The van der Waals surface area contributed by atoms with Crippen LogP contribution in [0, 0.1) is 5.92 Å². The summed E-state index contributed by atoms with van der Waals surface area (Å²) in [6, 6.07) is 0.0274. The summed E-state index contributed by atoms with van der Waals surface area (Å²) in [6.07, 6.45) is 2.31.